The summed E-state index contributed by atoms with van der Waals surface area (Å²) in [5, 5.41) is 9.30. The zero-order valence-electron chi connectivity index (χ0n) is 15.6. The minimum atomic E-state index is -3.44. The fourth-order valence-electron chi connectivity index (χ4n) is 3.13. The predicted molar refractivity (Wildman–Crippen MR) is 113 cm³/mol. The van der Waals surface area contributed by atoms with Crippen molar-refractivity contribution in [2.45, 2.75) is 35.1 Å². The van der Waals surface area contributed by atoms with Gasteiger partial charge in [0.15, 0.2) is 0 Å². The normalized spacial score (nSPS) is 15.5. The topological polar surface area (TPSA) is 76.3 Å². The van der Waals surface area contributed by atoms with Crippen LogP contribution in [0, 0.1) is 0 Å². The highest BCUT2D eigenvalue weighted by atomic mass is 35.5. The van der Waals surface area contributed by atoms with Crippen molar-refractivity contribution in [2.75, 3.05) is 13.1 Å². The van der Waals surface area contributed by atoms with Gasteiger partial charge in [-0.05, 0) is 54.8 Å². The monoisotopic (exact) mass is 449 g/mol. The molecule has 9 heteroatoms. The molecule has 0 amide bonds. The lowest BCUT2D eigenvalue weighted by molar-refractivity contribution is 0.346. The van der Waals surface area contributed by atoms with Crippen LogP contribution in [0.1, 0.15) is 24.8 Å². The van der Waals surface area contributed by atoms with Gasteiger partial charge in [0, 0.05) is 29.4 Å². The second kappa shape index (κ2) is 8.87. The number of hydrogen-bond donors (Lipinski definition) is 0. The van der Waals surface area contributed by atoms with Gasteiger partial charge in [0.1, 0.15) is 0 Å². The summed E-state index contributed by atoms with van der Waals surface area (Å²) >= 11 is 7.33. The van der Waals surface area contributed by atoms with Crippen LogP contribution in [0.2, 0.25) is 5.02 Å². The van der Waals surface area contributed by atoms with Crippen molar-refractivity contribution in [2.24, 2.45) is 0 Å². The highest BCUT2D eigenvalue weighted by molar-refractivity contribution is 7.98. The van der Waals surface area contributed by atoms with Gasteiger partial charge in [-0.25, -0.2) is 8.42 Å². The van der Waals surface area contributed by atoms with Crippen LogP contribution in [0.5, 0.6) is 0 Å². The number of benzene rings is 2. The third-order valence-electron chi connectivity index (χ3n) is 4.74. The molecule has 0 saturated carbocycles. The van der Waals surface area contributed by atoms with Gasteiger partial charge in [-0.15, -0.1) is 10.2 Å². The first-order valence-corrected chi connectivity index (χ1v) is 12.1. The summed E-state index contributed by atoms with van der Waals surface area (Å²) in [6, 6.07) is 14.2. The lowest BCUT2D eigenvalue weighted by Crippen LogP contribution is -2.35. The Kier molecular flexibility index (Phi) is 6.24. The molecule has 152 valence electrons. The smallest absolute Gasteiger partial charge is 0.277 e. The molecule has 0 spiro atoms. The SMILES string of the molecule is O=S(=O)(c1ccc(-c2nnc(SCc3ccc(Cl)cc3)o2)cc1)N1CCCCC1. The number of aromatic nitrogens is 2. The van der Waals surface area contributed by atoms with Crippen molar-refractivity contribution in [1.82, 2.24) is 14.5 Å². The fourth-order valence-corrected chi connectivity index (χ4v) is 5.50. The third-order valence-corrected chi connectivity index (χ3v) is 7.79. The van der Waals surface area contributed by atoms with E-state index >= 15 is 0 Å². The largest absolute Gasteiger partial charge is 0.411 e. The van der Waals surface area contributed by atoms with E-state index in [9.17, 15) is 8.42 Å². The molecule has 0 unspecified atom stereocenters. The molecule has 29 heavy (non-hydrogen) atoms. The van der Waals surface area contributed by atoms with Gasteiger partial charge in [-0.3, -0.25) is 0 Å². The number of halogens is 1. The van der Waals surface area contributed by atoms with Crippen molar-refractivity contribution < 1.29 is 12.8 Å². The number of nitrogens with zero attached hydrogens (tertiary/aromatic N) is 3. The predicted octanol–water partition coefficient (Wildman–Crippen LogP) is 4.86. The van der Waals surface area contributed by atoms with E-state index < -0.39 is 10.0 Å². The number of hydrogen-bond acceptors (Lipinski definition) is 6. The first kappa shape index (κ1) is 20.4. The summed E-state index contributed by atoms with van der Waals surface area (Å²) in [7, 11) is -3.44. The van der Waals surface area contributed by atoms with Crippen molar-refractivity contribution in [3.8, 4) is 11.5 Å². The Morgan fingerprint density at radius 3 is 2.34 bits per heavy atom. The van der Waals surface area contributed by atoms with Crippen molar-refractivity contribution in [3.63, 3.8) is 0 Å². The van der Waals surface area contributed by atoms with E-state index in [0.717, 1.165) is 24.8 Å². The lowest BCUT2D eigenvalue weighted by atomic mass is 10.2. The molecule has 1 saturated heterocycles. The van der Waals surface area contributed by atoms with E-state index in [1.54, 1.807) is 28.6 Å². The highest BCUT2D eigenvalue weighted by Crippen LogP contribution is 2.28. The Bertz CT molecular complexity index is 1060. The van der Waals surface area contributed by atoms with E-state index in [1.807, 2.05) is 24.3 Å². The number of sulfonamides is 1. The molecular weight excluding hydrogens is 430 g/mol. The van der Waals surface area contributed by atoms with E-state index in [0.29, 0.717) is 45.4 Å². The average molecular weight is 450 g/mol. The molecule has 3 aromatic rings. The van der Waals surface area contributed by atoms with Gasteiger partial charge in [-0.1, -0.05) is 41.9 Å². The number of thioether (sulfide) groups is 1. The van der Waals surface area contributed by atoms with Crippen LogP contribution in [-0.4, -0.2) is 36.0 Å². The first-order valence-electron chi connectivity index (χ1n) is 9.34. The lowest BCUT2D eigenvalue weighted by Gasteiger charge is -2.25. The summed E-state index contributed by atoms with van der Waals surface area (Å²) in [6.07, 6.45) is 2.91. The zero-order valence-corrected chi connectivity index (χ0v) is 18.0. The molecule has 1 aliphatic heterocycles. The zero-order chi connectivity index (χ0) is 20.3. The van der Waals surface area contributed by atoms with Crippen LogP contribution in [0.25, 0.3) is 11.5 Å². The molecule has 1 fully saturated rings. The van der Waals surface area contributed by atoms with Crippen LogP contribution in [0.3, 0.4) is 0 Å². The van der Waals surface area contributed by atoms with Crippen molar-refractivity contribution >= 4 is 33.4 Å². The minimum Gasteiger partial charge on any atom is -0.411 e. The molecule has 0 aliphatic carbocycles. The van der Waals surface area contributed by atoms with Crippen molar-refractivity contribution in [1.29, 1.82) is 0 Å². The van der Waals surface area contributed by atoms with Crippen molar-refractivity contribution in [3.05, 3.63) is 59.1 Å². The molecule has 0 radical (unpaired) electrons. The molecule has 0 N–H and O–H groups in total. The fraction of sp³-hybridized carbons (Fsp3) is 0.300. The van der Waals surface area contributed by atoms with Gasteiger partial charge < -0.3 is 4.42 Å². The van der Waals surface area contributed by atoms with Gasteiger partial charge in [0.25, 0.3) is 5.22 Å². The van der Waals surface area contributed by atoms with Crippen LogP contribution in [0.4, 0.5) is 0 Å². The maximum absolute atomic E-state index is 12.7. The average Bonchev–Trinajstić information content (AvgIpc) is 3.23. The Morgan fingerprint density at radius 2 is 1.66 bits per heavy atom. The second-order valence-electron chi connectivity index (χ2n) is 6.78. The Labute approximate surface area is 179 Å². The molecule has 1 aromatic heterocycles. The molecule has 6 nitrogen and oxygen atoms in total. The number of piperidine rings is 1. The molecule has 2 aromatic carbocycles. The Hall–Kier alpha value is -1.87. The molecule has 0 bridgehead atoms. The van der Waals surface area contributed by atoms with Gasteiger partial charge in [-0.2, -0.15) is 4.31 Å². The van der Waals surface area contributed by atoms with Crippen LogP contribution in [-0.2, 0) is 15.8 Å². The van der Waals surface area contributed by atoms with Gasteiger partial charge >= 0.3 is 0 Å². The van der Waals surface area contributed by atoms with Gasteiger partial charge in [0.05, 0.1) is 4.90 Å². The van der Waals surface area contributed by atoms with E-state index in [4.69, 9.17) is 16.0 Å². The maximum atomic E-state index is 12.7. The number of rotatable bonds is 6. The highest BCUT2D eigenvalue weighted by Gasteiger charge is 2.25. The third kappa shape index (κ3) is 4.83. The summed E-state index contributed by atoms with van der Waals surface area (Å²) < 4.78 is 32.8. The van der Waals surface area contributed by atoms with Crippen LogP contribution >= 0.6 is 23.4 Å². The Morgan fingerprint density at radius 1 is 0.966 bits per heavy atom. The molecule has 1 aliphatic rings. The standard InChI is InChI=1S/C20H20ClN3O3S2/c21-17-8-4-15(5-9-17)14-28-20-23-22-19(27-20)16-6-10-18(11-7-16)29(25,26)24-12-2-1-3-13-24/h4-11H,1-3,12-14H2. The summed E-state index contributed by atoms with van der Waals surface area (Å²) in [4.78, 5) is 0.292. The second-order valence-corrected chi connectivity index (χ2v) is 10.1. The van der Waals surface area contributed by atoms with Crippen LogP contribution in [0.15, 0.2) is 63.1 Å². The molecule has 0 atom stereocenters. The summed E-state index contributed by atoms with van der Waals surface area (Å²) in [6.45, 7) is 1.17. The maximum Gasteiger partial charge on any atom is 0.277 e. The Balaban J connectivity index is 1.43. The van der Waals surface area contributed by atoms with E-state index in [1.165, 1.54) is 11.8 Å². The van der Waals surface area contributed by atoms with Crippen LogP contribution < -0.4 is 0 Å². The van der Waals surface area contributed by atoms with E-state index in [2.05, 4.69) is 10.2 Å². The summed E-state index contributed by atoms with van der Waals surface area (Å²) in [5.41, 5.74) is 1.79. The quantitative estimate of drug-likeness (QED) is 0.500. The molecule has 4 rings (SSSR count). The first-order chi connectivity index (χ1) is 14.0. The summed E-state index contributed by atoms with van der Waals surface area (Å²) in [5.74, 6) is 1.05. The van der Waals surface area contributed by atoms with E-state index in [-0.39, 0.29) is 0 Å². The molecule has 2 heterocycles. The molecular formula is C20H20ClN3O3S2. The minimum absolute atomic E-state index is 0.292. The van der Waals surface area contributed by atoms with Gasteiger partial charge in [0.2, 0.25) is 15.9 Å².